The molecule has 0 amide bonds. The average molecular weight is 345 g/mol. The number of hydrogen-bond donors (Lipinski definition) is 0. The molecule has 0 radical (unpaired) electrons. The average Bonchev–Trinajstić information content (AvgIpc) is 2.49. The van der Waals surface area contributed by atoms with Crippen LogP contribution < -0.4 is 9.47 Å². The van der Waals surface area contributed by atoms with Gasteiger partial charge in [-0.15, -0.1) is 0 Å². The molecule has 0 aromatic heterocycles. The maximum atomic E-state index is 11.9. The van der Waals surface area contributed by atoms with Crippen molar-refractivity contribution in [3.8, 4) is 11.5 Å². The van der Waals surface area contributed by atoms with Gasteiger partial charge >= 0.3 is 5.97 Å². The topological polar surface area (TPSA) is 44.8 Å². The van der Waals surface area contributed by atoms with E-state index >= 15 is 0 Å². The summed E-state index contributed by atoms with van der Waals surface area (Å²) in [5, 5.41) is 1.03. The summed E-state index contributed by atoms with van der Waals surface area (Å²) in [6.45, 7) is 0.454. The lowest BCUT2D eigenvalue weighted by atomic mass is 10.2. The van der Waals surface area contributed by atoms with Crippen LogP contribution in [0.15, 0.2) is 18.2 Å². The number of esters is 1. The van der Waals surface area contributed by atoms with Crippen molar-refractivity contribution >= 4 is 21.9 Å². The minimum atomic E-state index is -0.327. The van der Waals surface area contributed by atoms with E-state index in [0.717, 1.165) is 31.0 Å². The van der Waals surface area contributed by atoms with Crippen molar-refractivity contribution in [2.75, 3.05) is 26.2 Å². The lowest BCUT2D eigenvalue weighted by Crippen LogP contribution is -2.07. The quantitative estimate of drug-likeness (QED) is 0.388. The van der Waals surface area contributed by atoms with E-state index in [2.05, 4.69) is 15.9 Å². The minimum absolute atomic E-state index is 0.327. The number of hydrogen-bond acceptors (Lipinski definition) is 4. The molecule has 0 saturated heterocycles. The van der Waals surface area contributed by atoms with Crippen molar-refractivity contribution in [1.29, 1.82) is 0 Å². The van der Waals surface area contributed by atoms with Gasteiger partial charge in [0.25, 0.3) is 0 Å². The third-order valence-corrected chi connectivity index (χ3v) is 3.44. The summed E-state index contributed by atoms with van der Waals surface area (Å²) in [5.41, 5.74) is 0.475. The first kappa shape index (κ1) is 16.8. The van der Waals surface area contributed by atoms with E-state index in [9.17, 15) is 4.79 Å². The minimum Gasteiger partial charge on any atom is -0.493 e. The summed E-state index contributed by atoms with van der Waals surface area (Å²) in [5.74, 6) is 0.796. The Morgan fingerprint density at radius 3 is 2.40 bits per heavy atom. The van der Waals surface area contributed by atoms with Gasteiger partial charge < -0.3 is 14.2 Å². The second kappa shape index (κ2) is 9.64. The third kappa shape index (κ3) is 5.41. The zero-order valence-electron chi connectivity index (χ0n) is 12.0. The van der Waals surface area contributed by atoms with Crippen LogP contribution in [0.1, 0.15) is 36.0 Å². The normalized spacial score (nSPS) is 10.2. The van der Waals surface area contributed by atoms with Crippen LogP contribution in [-0.4, -0.2) is 32.1 Å². The zero-order valence-corrected chi connectivity index (χ0v) is 13.6. The van der Waals surface area contributed by atoms with Crippen LogP contribution in [0.25, 0.3) is 0 Å². The highest BCUT2D eigenvalue weighted by molar-refractivity contribution is 9.09. The molecule has 0 heterocycles. The van der Waals surface area contributed by atoms with Gasteiger partial charge in [-0.3, -0.25) is 0 Å². The summed E-state index contributed by atoms with van der Waals surface area (Å²) in [6.07, 6.45) is 4.28. The van der Waals surface area contributed by atoms with Crippen LogP contribution in [0.3, 0.4) is 0 Å². The summed E-state index contributed by atoms with van der Waals surface area (Å²) in [6, 6.07) is 5.01. The summed E-state index contributed by atoms with van der Waals surface area (Å²) in [7, 11) is 3.10. The second-order valence-corrected chi connectivity index (χ2v) is 5.10. The Labute approximate surface area is 128 Å². The second-order valence-electron chi connectivity index (χ2n) is 4.31. The number of benzene rings is 1. The Hall–Kier alpha value is -1.23. The van der Waals surface area contributed by atoms with Crippen molar-refractivity contribution in [2.45, 2.75) is 25.7 Å². The summed E-state index contributed by atoms with van der Waals surface area (Å²) >= 11 is 3.39. The molecule has 112 valence electrons. The van der Waals surface area contributed by atoms with E-state index in [1.54, 1.807) is 25.3 Å². The van der Waals surface area contributed by atoms with Crippen LogP contribution in [0, 0.1) is 0 Å². The molecular weight excluding hydrogens is 324 g/mol. The van der Waals surface area contributed by atoms with Crippen LogP contribution in [0.5, 0.6) is 11.5 Å². The molecule has 0 bridgehead atoms. The van der Waals surface area contributed by atoms with Crippen LogP contribution in [0.2, 0.25) is 0 Å². The molecule has 0 saturated carbocycles. The molecule has 20 heavy (non-hydrogen) atoms. The number of unbranched alkanes of at least 4 members (excludes halogenated alkanes) is 3. The van der Waals surface area contributed by atoms with Crippen molar-refractivity contribution in [3.05, 3.63) is 23.8 Å². The predicted molar refractivity (Wildman–Crippen MR) is 82.1 cm³/mol. The number of carbonyl (C=O) groups excluding carboxylic acids is 1. The Morgan fingerprint density at radius 1 is 1.05 bits per heavy atom. The van der Waals surface area contributed by atoms with Gasteiger partial charge in [-0.2, -0.15) is 0 Å². The van der Waals surface area contributed by atoms with Crippen LogP contribution in [0.4, 0.5) is 0 Å². The van der Waals surface area contributed by atoms with Crippen molar-refractivity contribution in [3.63, 3.8) is 0 Å². The maximum Gasteiger partial charge on any atom is 0.338 e. The van der Waals surface area contributed by atoms with E-state index in [-0.39, 0.29) is 5.97 Å². The van der Waals surface area contributed by atoms with Gasteiger partial charge in [0.05, 0.1) is 26.4 Å². The number of halogens is 1. The van der Waals surface area contributed by atoms with E-state index in [1.165, 1.54) is 7.11 Å². The van der Waals surface area contributed by atoms with Crippen molar-refractivity contribution in [2.24, 2.45) is 0 Å². The Kier molecular flexibility index (Phi) is 8.11. The van der Waals surface area contributed by atoms with E-state index in [1.807, 2.05) is 0 Å². The molecule has 0 aliphatic carbocycles. The van der Waals surface area contributed by atoms with E-state index < -0.39 is 0 Å². The molecule has 0 spiro atoms. The Balaban J connectivity index is 2.43. The van der Waals surface area contributed by atoms with Gasteiger partial charge in [0.1, 0.15) is 0 Å². The lowest BCUT2D eigenvalue weighted by Gasteiger charge is -2.09. The number of alkyl halides is 1. The molecule has 0 atom stereocenters. The first-order valence-electron chi connectivity index (χ1n) is 6.68. The van der Waals surface area contributed by atoms with Crippen molar-refractivity contribution < 1.29 is 19.0 Å². The fraction of sp³-hybridized carbons (Fsp3) is 0.533. The third-order valence-electron chi connectivity index (χ3n) is 2.88. The highest BCUT2D eigenvalue weighted by Crippen LogP contribution is 2.27. The molecule has 0 aliphatic heterocycles. The fourth-order valence-corrected chi connectivity index (χ4v) is 2.16. The van der Waals surface area contributed by atoms with Crippen molar-refractivity contribution in [1.82, 2.24) is 0 Å². The molecule has 5 heteroatoms. The largest absolute Gasteiger partial charge is 0.493 e. The van der Waals surface area contributed by atoms with Gasteiger partial charge in [-0.1, -0.05) is 28.8 Å². The first-order valence-corrected chi connectivity index (χ1v) is 7.80. The first-order chi connectivity index (χ1) is 9.72. The maximum absolute atomic E-state index is 11.9. The molecule has 0 aliphatic rings. The zero-order chi connectivity index (χ0) is 14.8. The van der Waals surface area contributed by atoms with Gasteiger partial charge in [0.2, 0.25) is 0 Å². The molecule has 1 aromatic carbocycles. The van der Waals surface area contributed by atoms with Gasteiger partial charge in [0, 0.05) is 5.33 Å². The number of carbonyl (C=O) groups is 1. The highest BCUT2D eigenvalue weighted by Gasteiger charge is 2.11. The van der Waals surface area contributed by atoms with Gasteiger partial charge in [-0.25, -0.2) is 4.79 Å². The molecule has 0 unspecified atom stereocenters. The monoisotopic (exact) mass is 344 g/mol. The molecule has 0 fully saturated rings. The molecule has 1 rings (SSSR count). The molecule has 0 N–H and O–H groups in total. The molecule has 1 aromatic rings. The molecular formula is C15H21BrO4. The van der Waals surface area contributed by atoms with Crippen LogP contribution in [-0.2, 0) is 4.74 Å². The number of methoxy groups -OCH3 is 2. The van der Waals surface area contributed by atoms with E-state index in [4.69, 9.17) is 14.2 Å². The lowest BCUT2D eigenvalue weighted by molar-refractivity contribution is 0.0497. The van der Waals surface area contributed by atoms with Gasteiger partial charge in [0.15, 0.2) is 11.5 Å². The fourth-order valence-electron chi connectivity index (χ4n) is 1.76. The molecule has 4 nitrogen and oxygen atoms in total. The Morgan fingerprint density at radius 2 is 1.75 bits per heavy atom. The predicted octanol–water partition coefficient (Wildman–Crippen LogP) is 3.82. The van der Waals surface area contributed by atoms with Gasteiger partial charge in [-0.05, 0) is 31.0 Å². The van der Waals surface area contributed by atoms with E-state index in [0.29, 0.717) is 23.7 Å². The highest BCUT2D eigenvalue weighted by atomic mass is 79.9. The summed E-state index contributed by atoms with van der Waals surface area (Å²) < 4.78 is 15.5. The number of ether oxygens (including phenoxy) is 3. The summed E-state index contributed by atoms with van der Waals surface area (Å²) in [4.78, 5) is 11.9. The van der Waals surface area contributed by atoms with Crippen LogP contribution >= 0.6 is 15.9 Å². The standard InChI is InChI=1S/C15H21BrO4/c1-18-13-8-7-12(11-14(13)19-2)15(17)20-10-6-4-3-5-9-16/h7-8,11H,3-6,9-10H2,1-2H3. The smallest absolute Gasteiger partial charge is 0.338 e. The number of rotatable bonds is 9. The SMILES string of the molecule is COc1ccc(C(=O)OCCCCCCBr)cc1OC. The Bertz CT molecular complexity index is 420.